The molecule has 0 aliphatic carbocycles. The Morgan fingerprint density at radius 1 is 1.15 bits per heavy atom. The lowest BCUT2D eigenvalue weighted by Gasteiger charge is -2.08. The van der Waals surface area contributed by atoms with Gasteiger partial charge >= 0.3 is 5.97 Å². The van der Waals surface area contributed by atoms with Crippen molar-refractivity contribution in [3.8, 4) is 0 Å². The van der Waals surface area contributed by atoms with Gasteiger partial charge in [-0.05, 0) is 43.0 Å². The van der Waals surface area contributed by atoms with Crippen LogP contribution in [0.4, 0.5) is 0 Å². The Hall–Kier alpha value is -1.95. The van der Waals surface area contributed by atoms with E-state index in [2.05, 4.69) is 11.6 Å². The number of pyridine rings is 1. The highest BCUT2D eigenvalue weighted by Gasteiger charge is 2.07. The van der Waals surface area contributed by atoms with E-state index >= 15 is 0 Å². The molecule has 0 fully saturated rings. The van der Waals surface area contributed by atoms with Crippen LogP contribution < -0.4 is 0 Å². The first-order chi connectivity index (χ1) is 12.7. The largest absolute Gasteiger partial charge is 0.464 e. The normalized spacial score (nSPS) is 10.8. The molecule has 1 heterocycles. The Morgan fingerprint density at radius 2 is 2.00 bits per heavy atom. The number of ether oxygens (including phenoxy) is 3. The number of unbranched alkanes of at least 4 members (excludes halogenated alkanes) is 1. The van der Waals surface area contributed by atoms with Crippen LogP contribution in [-0.4, -0.2) is 44.0 Å². The Bertz CT molecular complexity index is 720. The molecule has 0 amide bonds. The number of hydrogen-bond acceptors (Lipinski definition) is 5. The van der Waals surface area contributed by atoms with Crippen molar-refractivity contribution in [1.29, 1.82) is 0 Å². The summed E-state index contributed by atoms with van der Waals surface area (Å²) >= 11 is 6.18. The quantitative estimate of drug-likeness (QED) is 0.318. The molecule has 2 aromatic rings. The molecule has 0 aliphatic rings. The zero-order valence-corrected chi connectivity index (χ0v) is 15.5. The van der Waals surface area contributed by atoms with Crippen LogP contribution in [0.5, 0.6) is 0 Å². The van der Waals surface area contributed by atoms with E-state index in [1.54, 1.807) is 12.3 Å². The topological polar surface area (TPSA) is 57.7 Å². The third-order valence-corrected chi connectivity index (χ3v) is 4.05. The lowest BCUT2D eigenvalue weighted by molar-refractivity contribution is -0.149. The summed E-state index contributed by atoms with van der Waals surface area (Å²) in [6.45, 7) is 5.51. The minimum Gasteiger partial charge on any atom is -0.464 e. The van der Waals surface area contributed by atoms with Gasteiger partial charge in [-0.2, -0.15) is 0 Å². The van der Waals surface area contributed by atoms with Crippen LogP contribution in [0, 0.1) is 0 Å². The van der Waals surface area contributed by atoms with Crippen LogP contribution in [-0.2, 0) is 25.4 Å². The molecule has 0 N–H and O–H groups in total. The lowest BCUT2D eigenvalue weighted by Crippen LogP contribution is -2.15. The summed E-state index contributed by atoms with van der Waals surface area (Å²) in [4.78, 5) is 16.0. The number of fused-ring (bicyclic) bond motifs is 1. The number of halogens is 1. The first kappa shape index (κ1) is 20.4. The second kappa shape index (κ2) is 11.6. The van der Waals surface area contributed by atoms with Gasteiger partial charge in [-0.15, -0.1) is 6.58 Å². The van der Waals surface area contributed by atoms with Gasteiger partial charge < -0.3 is 14.2 Å². The number of rotatable bonds is 12. The maximum absolute atomic E-state index is 11.6. The summed E-state index contributed by atoms with van der Waals surface area (Å²) in [6.07, 6.45) is 5.71. The second-order valence-electron chi connectivity index (χ2n) is 5.70. The Morgan fingerprint density at radius 3 is 2.85 bits per heavy atom. The maximum Gasteiger partial charge on any atom is 0.332 e. The van der Waals surface area contributed by atoms with E-state index in [0.717, 1.165) is 29.3 Å². The molecule has 6 heteroatoms. The van der Waals surface area contributed by atoms with Crippen molar-refractivity contribution in [2.24, 2.45) is 0 Å². The molecular formula is C20H24ClNO4. The number of benzene rings is 1. The predicted octanol–water partition coefficient (Wildman–Crippen LogP) is 3.97. The molecule has 1 aromatic carbocycles. The van der Waals surface area contributed by atoms with Crippen molar-refractivity contribution in [2.75, 3.05) is 33.0 Å². The minimum absolute atomic E-state index is 0.0497. The Kier molecular flexibility index (Phi) is 9.10. The molecule has 1 aromatic heterocycles. The first-order valence-electron chi connectivity index (χ1n) is 8.66. The molecule has 0 unspecified atom stereocenters. The van der Waals surface area contributed by atoms with Gasteiger partial charge in [0, 0.05) is 23.2 Å². The highest BCUT2D eigenvalue weighted by atomic mass is 35.5. The molecule has 2 rings (SSSR count). The van der Waals surface area contributed by atoms with Crippen molar-refractivity contribution in [2.45, 2.75) is 19.3 Å². The molecule has 0 bridgehead atoms. The molecule has 0 radical (unpaired) electrons. The summed E-state index contributed by atoms with van der Waals surface area (Å²) < 4.78 is 15.8. The molecule has 0 aliphatic heterocycles. The molecule has 0 saturated carbocycles. The van der Waals surface area contributed by atoms with Gasteiger partial charge in [0.05, 0.1) is 25.3 Å². The Labute approximate surface area is 158 Å². The lowest BCUT2D eigenvalue weighted by atomic mass is 10.1. The monoisotopic (exact) mass is 377 g/mol. The minimum atomic E-state index is -0.351. The highest BCUT2D eigenvalue weighted by molar-refractivity contribution is 6.35. The zero-order chi connectivity index (χ0) is 18.6. The molecule has 0 atom stereocenters. The van der Waals surface area contributed by atoms with Crippen LogP contribution in [0.15, 0.2) is 43.1 Å². The van der Waals surface area contributed by atoms with Crippen LogP contribution >= 0.6 is 11.6 Å². The second-order valence-corrected chi connectivity index (χ2v) is 6.11. The van der Waals surface area contributed by atoms with E-state index in [1.165, 1.54) is 0 Å². The van der Waals surface area contributed by atoms with E-state index in [4.69, 9.17) is 25.8 Å². The fourth-order valence-electron chi connectivity index (χ4n) is 2.44. The Balaban J connectivity index is 1.62. The van der Waals surface area contributed by atoms with E-state index in [0.29, 0.717) is 37.9 Å². The number of carbonyl (C=O) groups excluding carboxylic acids is 1. The number of aromatic nitrogens is 1. The maximum atomic E-state index is 11.6. The average molecular weight is 378 g/mol. The van der Waals surface area contributed by atoms with Crippen LogP contribution in [0.1, 0.15) is 18.4 Å². The van der Waals surface area contributed by atoms with Crippen molar-refractivity contribution in [3.05, 3.63) is 53.7 Å². The van der Waals surface area contributed by atoms with Crippen LogP contribution in [0.3, 0.4) is 0 Å². The average Bonchev–Trinajstić information content (AvgIpc) is 2.66. The SMILES string of the molecule is C=CCOCCCCOC(=O)COCCc1ccc(Cl)c2cccnc12. The van der Waals surface area contributed by atoms with Crippen molar-refractivity contribution in [1.82, 2.24) is 4.98 Å². The van der Waals surface area contributed by atoms with E-state index in [1.807, 2.05) is 24.3 Å². The molecule has 5 nitrogen and oxygen atoms in total. The third kappa shape index (κ3) is 6.75. The van der Waals surface area contributed by atoms with E-state index in [-0.39, 0.29) is 12.6 Å². The van der Waals surface area contributed by atoms with Crippen LogP contribution in [0.25, 0.3) is 10.9 Å². The van der Waals surface area contributed by atoms with Gasteiger partial charge in [-0.25, -0.2) is 4.79 Å². The molecular weight excluding hydrogens is 354 g/mol. The molecule has 0 saturated heterocycles. The summed E-state index contributed by atoms with van der Waals surface area (Å²) in [5.74, 6) is -0.351. The standard InChI is InChI=1S/C20H24ClNO4/c1-2-11-24-12-3-4-13-26-19(23)15-25-14-9-16-7-8-18(21)17-6-5-10-22-20(16)17/h2,5-8,10H,1,3-4,9,11-15H2. The van der Waals surface area contributed by atoms with Gasteiger partial charge in [0.25, 0.3) is 0 Å². The van der Waals surface area contributed by atoms with Gasteiger partial charge in [0.2, 0.25) is 0 Å². The van der Waals surface area contributed by atoms with Crippen molar-refractivity contribution >= 4 is 28.5 Å². The zero-order valence-electron chi connectivity index (χ0n) is 14.8. The third-order valence-electron chi connectivity index (χ3n) is 3.72. The van der Waals surface area contributed by atoms with Gasteiger partial charge in [0.15, 0.2) is 0 Å². The number of carbonyl (C=O) groups is 1. The van der Waals surface area contributed by atoms with Gasteiger partial charge in [-0.3, -0.25) is 4.98 Å². The summed E-state index contributed by atoms with van der Waals surface area (Å²) in [5, 5.41) is 1.60. The molecule has 140 valence electrons. The van der Waals surface area contributed by atoms with Gasteiger partial charge in [0.1, 0.15) is 6.61 Å². The number of esters is 1. The van der Waals surface area contributed by atoms with Crippen LogP contribution in [0.2, 0.25) is 5.02 Å². The molecule has 0 spiro atoms. The van der Waals surface area contributed by atoms with Gasteiger partial charge in [-0.1, -0.05) is 23.7 Å². The van der Waals surface area contributed by atoms with E-state index < -0.39 is 0 Å². The predicted molar refractivity (Wildman–Crippen MR) is 102 cm³/mol. The summed E-state index contributed by atoms with van der Waals surface area (Å²) in [7, 11) is 0. The molecule has 26 heavy (non-hydrogen) atoms. The highest BCUT2D eigenvalue weighted by Crippen LogP contribution is 2.24. The van der Waals surface area contributed by atoms with Crippen molar-refractivity contribution in [3.63, 3.8) is 0 Å². The summed E-state index contributed by atoms with van der Waals surface area (Å²) in [6, 6.07) is 7.59. The first-order valence-corrected chi connectivity index (χ1v) is 9.04. The number of hydrogen-bond donors (Lipinski definition) is 0. The number of nitrogens with zero attached hydrogens (tertiary/aromatic N) is 1. The van der Waals surface area contributed by atoms with Crippen molar-refractivity contribution < 1.29 is 19.0 Å². The fourth-order valence-corrected chi connectivity index (χ4v) is 2.65. The fraction of sp³-hybridized carbons (Fsp3) is 0.400. The summed E-state index contributed by atoms with van der Waals surface area (Å²) in [5.41, 5.74) is 1.91. The smallest absolute Gasteiger partial charge is 0.332 e. The van der Waals surface area contributed by atoms with E-state index in [9.17, 15) is 4.79 Å².